The fraction of sp³-hybridized carbons (Fsp3) is 0.125. The largest absolute Gasteiger partial charge is 0.334 e. The number of thioether (sulfide) groups is 1. The molecule has 3 heterocycles. The maximum absolute atomic E-state index is 13.0. The van der Waals surface area contributed by atoms with E-state index < -0.39 is 0 Å². The average Bonchev–Trinajstić information content (AvgIpc) is 3.36. The molecule has 0 amide bonds. The van der Waals surface area contributed by atoms with Gasteiger partial charge in [-0.2, -0.15) is 4.98 Å². The Morgan fingerprint density at radius 1 is 1.16 bits per heavy atom. The van der Waals surface area contributed by atoms with E-state index in [-0.39, 0.29) is 5.82 Å². The zero-order valence-corrected chi connectivity index (χ0v) is 14.5. The average molecular weight is 373 g/mol. The van der Waals surface area contributed by atoms with E-state index in [4.69, 9.17) is 4.52 Å². The topological polar surface area (TPSA) is 80.5 Å². The summed E-state index contributed by atoms with van der Waals surface area (Å²) in [5.41, 5.74) is 0.682. The first-order valence-electron chi connectivity index (χ1n) is 7.41. The fourth-order valence-electron chi connectivity index (χ4n) is 2.15. The number of H-pyrrole nitrogens is 1. The molecule has 4 aromatic rings. The molecule has 0 bridgehead atoms. The lowest BCUT2D eigenvalue weighted by Crippen LogP contribution is -1.87. The van der Waals surface area contributed by atoms with Crippen LogP contribution < -0.4 is 0 Å². The van der Waals surface area contributed by atoms with Crippen LogP contribution in [0.1, 0.15) is 16.5 Å². The van der Waals surface area contributed by atoms with Crippen LogP contribution in [0.25, 0.3) is 11.5 Å². The number of thiophene rings is 1. The third kappa shape index (κ3) is 3.94. The Kier molecular flexibility index (Phi) is 4.57. The van der Waals surface area contributed by atoms with Crippen molar-refractivity contribution in [1.82, 2.24) is 25.3 Å². The van der Waals surface area contributed by atoms with Crippen LogP contribution in [0.5, 0.6) is 0 Å². The Bertz CT molecular complexity index is 949. The van der Waals surface area contributed by atoms with Gasteiger partial charge in [-0.15, -0.1) is 16.4 Å². The molecule has 0 radical (unpaired) electrons. The van der Waals surface area contributed by atoms with Gasteiger partial charge in [-0.05, 0) is 35.7 Å². The number of hydrogen-bond donors (Lipinski definition) is 1. The van der Waals surface area contributed by atoms with E-state index in [1.54, 1.807) is 23.5 Å². The Morgan fingerprint density at radius 3 is 2.84 bits per heavy atom. The van der Waals surface area contributed by atoms with E-state index in [1.165, 1.54) is 28.8 Å². The van der Waals surface area contributed by atoms with Crippen molar-refractivity contribution in [1.29, 1.82) is 0 Å². The van der Waals surface area contributed by atoms with Crippen molar-refractivity contribution >= 4 is 23.1 Å². The Balaban J connectivity index is 1.37. The zero-order chi connectivity index (χ0) is 17.1. The Morgan fingerprint density at radius 2 is 2.04 bits per heavy atom. The third-order valence-corrected chi connectivity index (χ3v) is 5.04. The lowest BCUT2D eigenvalue weighted by atomic mass is 10.2. The normalized spacial score (nSPS) is 11.1. The van der Waals surface area contributed by atoms with Crippen LogP contribution in [-0.2, 0) is 12.2 Å². The number of benzene rings is 1. The van der Waals surface area contributed by atoms with Gasteiger partial charge >= 0.3 is 0 Å². The molecule has 0 aliphatic heterocycles. The highest BCUT2D eigenvalue weighted by molar-refractivity contribution is 7.98. The summed E-state index contributed by atoms with van der Waals surface area (Å²) >= 11 is 3.11. The molecule has 0 unspecified atom stereocenters. The summed E-state index contributed by atoms with van der Waals surface area (Å²) < 4.78 is 18.2. The minimum absolute atomic E-state index is 0.304. The first-order chi connectivity index (χ1) is 12.3. The second kappa shape index (κ2) is 7.16. The molecule has 25 heavy (non-hydrogen) atoms. The van der Waals surface area contributed by atoms with Crippen LogP contribution in [0.3, 0.4) is 0 Å². The van der Waals surface area contributed by atoms with Crippen LogP contribution in [0.4, 0.5) is 4.39 Å². The molecular weight excluding hydrogens is 361 g/mol. The van der Waals surface area contributed by atoms with Gasteiger partial charge in [0.2, 0.25) is 5.16 Å². The molecular formula is C16H12FN5OS2. The second-order valence-electron chi connectivity index (χ2n) is 5.13. The van der Waals surface area contributed by atoms with E-state index in [0.29, 0.717) is 28.2 Å². The minimum Gasteiger partial charge on any atom is -0.334 e. The van der Waals surface area contributed by atoms with Crippen LogP contribution in [0.2, 0.25) is 0 Å². The summed E-state index contributed by atoms with van der Waals surface area (Å²) in [5.74, 6) is 1.91. The zero-order valence-electron chi connectivity index (χ0n) is 12.8. The third-order valence-electron chi connectivity index (χ3n) is 3.32. The van der Waals surface area contributed by atoms with Gasteiger partial charge < -0.3 is 4.52 Å². The van der Waals surface area contributed by atoms with Crippen molar-refractivity contribution in [2.24, 2.45) is 0 Å². The van der Waals surface area contributed by atoms with Gasteiger partial charge in [0.25, 0.3) is 5.89 Å². The number of nitrogens with one attached hydrogen (secondary N) is 1. The molecule has 4 rings (SSSR count). The predicted molar refractivity (Wildman–Crippen MR) is 92.8 cm³/mol. The molecule has 0 saturated heterocycles. The van der Waals surface area contributed by atoms with Crippen molar-refractivity contribution in [2.75, 3.05) is 0 Å². The summed E-state index contributed by atoms with van der Waals surface area (Å²) in [5, 5.41) is 13.7. The molecule has 1 N–H and O–H groups in total. The molecule has 0 fully saturated rings. The van der Waals surface area contributed by atoms with Gasteiger partial charge in [0.1, 0.15) is 11.6 Å². The molecule has 3 aromatic heterocycles. The highest BCUT2D eigenvalue weighted by atomic mass is 32.2. The Hall–Kier alpha value is -2.52. The monoisotopic (exact) mass is 373 g/mol. The van der Waals surface area contributed by atoms with E-state index in [0.717, 1.165) is 12.2 Å². The number of aromatic amines is 1. The summed E-state index contributed by atoms with van der Waals surface area (Å²) in [6, 6.07) is 10.0. The molecule has 9 heteroatoms. The van der Waals surface area contributed by atoms with E-state index in [9.17, 15) is 4.39 Å². The Labute approximate surface area is 150 Å². The van der Waals surface area contributed by atoms with Gasteiger partial charge in [0.15, 0.2) is 5.82 Å². The molecule has 6 nitrogen and oxygen atoms in total. The summed E-state index contributed by atoms with van der Waals surface area (Å²) in [4.78, 5) is 9.99. The molecule has 1 aromatic carbocycles. The second-order valence-corrected chi connectivity index (χ2v) is 7.11. The van der Waals surface area contributed by atoms with Crippen LogP contribution in [0, 0.1) is 5.82 Å². The molecule has 0 saturated carbocycles. The van der Waals surface area contributed by atoms with Crippen molar-refractivity contribution < 1.29 is 8.91 Å². The van der Waals surface area contributed by atoms with E-state index >= 15 is 0 Å². The van der Waals surface area contributed by atoms with Crippen LogP contribution in [0.15, 0.2) is 51.5 Å². The van der Waals surface area contributed by atoms with Crippen molar-refractivity contribution in [2.45, 2.75) is 17.3 Å². The highest BCUT2D eigenvalue weighted by Gasteiger charge is 2.11. The molecule has 0 atom stereocenters. The predicted octanol–water partition coefficient (Wildman–Crippen LogP) is 3.94. The summed E-state index contributed by atoms with van der Waals surface area (Å²) in [6.45, 7) is 0. The fourth-order valence-corrected chi connectivity index (χ4v) is 3.52. The van der Waals surface area contributed by atoms with Gasteiger partial charge in [-0.25, -0.2) is 9.37 Å². The molecule has 126 valence electrons. The first-order valence-corrected chi connectivity index (χ1v) is 9.28. The maximum Gasteiger partial charge on any atom is 0.257 e. The van der Waals surface area contributed by atoms with E-state index in [1.807, 2.05) is 11.4 Å². The molecule has 0 spiro atoms. The van der Waals surface area contributed by atoms with Crippen molar-refractivity contribution in [3.05, 3.63) is 64.1 Å². The first kappa shape index (κ1) is 16.0. The quantitative estimate of drug-likeness (QED) is 0.516. The smallest absolute Gasteiger partial charge is 0.257 e. The minimum atomic E-state index is -0.304. The SMILES string of the molecule is Fc1ccc(-c2nc(CSc3n[nH]c(Cc4cccs4)n3)no2)cc1. The molecule has 0 aliphatic carbocycles. The van der Waals surface area contributed by atoms with Crippen LogP contribution in [-0.4, -0.2) is 25.3 Å². The maximum atomic E-state index is 13.0. The van der Waals surface area contributed by atoms with Gasteiger partial charge in [0, 0.05) is 16.9 Å². The number of hydrogen-bond acceptors (Lipinski definition) is 7. The van der Waals surface area contributed by atoms with Gasteiger partial charge in [0.05, 0.1) is 5.75 Å². The standard InChI is InChI=1S/C16H12FN5OS2/c17-11-5-3-10(4-6-11)15-18-14(22-23-15)9-25-16-19-13(20-21-16)8-12-2-1-7-24-12/h1-7H,8-9H2,(H,19,20,21). The summed E-state index contributed by atoms with van der Waals surface area (Å²) in [7, 11) is 0. The number of nitrogens with zero attached hydrogens (tertiary/aromatic N) is 4. The van der Waals surface area contributed by atoms with Gasteiger partial charge in [-0.3, -0.25) is 5.10 Å². The number of halogens is 1. The lowest BCUT2D eigenvalue weighted by molar-refractivity contribution is 0.425. The highest BCUT2D eigenvalue weighted by Crippen LogP contribution is 2.22. The van der Waals surface area contributed by atoms with E-state index in [2.05, 4.69) is 31.4 Å². The van der Waals surface area contributed by atoms with Crippen LogP contribution >= 0.6 is 23.1 Å². The lowest BCUT2D eigenvalue weighted by Gasteiger charge is -1.92. The summed E-state index contributed by atoms with van der Waals surface area (Å²) in [6.07, 6.45) is 0.738. The van der Waals surface area contributed by atoms with Crippen molar-refractivity contribution in [3.63, 3.8) is 0 Å². The van der Waals surface area contributed by atoms with Crippen molar-refractivity contribution in [3.8, 4) is 11.5 Å². The van der Waals surface area contributed by atoms with Gasteiger partial charge in [-0.1, -0.05) is 23.0 Å². The number of rotatable bonds is 6. The molecule has 0 aliphatic rings. The number of aromatic nitrogens is 5.